The fourth-order valence-electron chi connectivity index (χ4n) is 2.34. The molecule has 1 aliphatic carbocycles. The van der Waals surface area contributed by atoms with Gasteiger partial charge in [-0.05, 0) is 51.9 Å². The fraction of sp³-hybridized carbons (Fsp3) is 0.364. The smallest absolute Gasteiger partial charge is 0.0664 e. The lowest BCUT2D eigenvalue weighted by molar-refractivity contribution is 0.627. The molecule has 0 bridgehead atoms. The lowest BCUT2D eigenvalue weighted by Gasteiger charge is -2.02. The third-order valence-corrected chi connectivity index (χ3v) is 3.90. The van der Waals surface area contributed by atoms with Crippen molar-refractivity contribution in [1.29, 1.82) is 0 Å². The monoisotopic (exact) mass is 250 g/mol. The SMILES string of the molecule is C[C@@H]1Cc2cc3[nH]ncc3c(Br)c2C1. The molecule has 0 amide bonds. The van der Waals surface area contributed by atoms with Gasteiger partial charge >= 0.3 is 0 Å². The molecule has 2 nitrogen and oxygen atoms in total. The molecule has 0 fully saturated rings. The van der Waals surface area contributed by atoms with Crippen LogP contribution in [0.15, 0.2) is 16.7 Å². The summed E-state index contributed by atoms with van der Waals surface area (Å²) in [6, 6.07) is 2.24. The largest absolute Gasteiger partial charge is 0.278 e. The Labute approximate surface area is 90.8 Å². The second-order valence-electron chi connectivity index (χ2n) is 4.17. The molecule has 1 aromatic carbocycles. The number of nitrogens with zero attached hydrogens (tertiary/aromatic N) is 1. The van der Waals surface area contributed by atoms with Crippen LogP contribution in [-0.4, -0.2) is 10.2 Å². The fourth-order valence-corrected chi connectivity index (χ4v) is 3.08. The molecule has 1 aromatic heterocycles. The number of nitrogens with one attached hydrogen (secondary N) is 1. The zero-order chi connectivity index (χ0) is 9.71. The molecule has 1 aliphatic rings. The van der Waals surface area contributed by atoms with E-state index < -0.39 is 0 Å². The van der Waals surface area contributed by atoms with Crippen LogP contribution in [0.3, 0.4) is 0 Å². The maximum atomic E-state index is 4.07. The minimum Gasteiger partial charge on any atom is -0.278 e. The highest BCUT2D eigenvalue weighted by Crippen LogP contribution is 2.36. The second kappa shape index (κ2) is 2.83. The number of H-pyrrole nitrogens is 1. The Bertz CT molecular complexity index is 501. The zero-order valence-corrected chi connectivity index (χ0v) is 9.56. The predicted molar refractivity (Wildman–Crippen MR) is 60.4 cm³/mol. The number of fused-ring (bicyclic) bond motifs is 2. The third-order valence-electron chi connectivity index (χ3n) is 3.00. The van der Waals surface area contributed by atoms with Crippen LogP contribution in [0.4, 0.5) is 0 Å². The molecule has 0 aliphatic heterocycles. The Hall–Kier alpha value is -0.830. The van der Waals surface area contributed by atoms with Gasteiger partial charge in [0.15, 0.2) is 0 Å². The topological polar surface area (TPSA) is 28.7 Å². The highest BCUT2D eigenvalue weighted by atomic mass is 79.9. The lowest BCUT2D eigenvalue weighted by Crippen LogP contribution is -1.89. The normalized spacial score (nSPS) is 20.3. The lowest BCUT2D eigenvalue weighted by atomic mass is 10.1. The molecule has 0 radical (unpaired) electrons. The maximum absolute atomic E-state index is 4.07. The molecule has 1 heterocycles. The number of hydrogen-bond acceptors (Lipinski definition) is 1. The van der Waals surface area contributed by atoms with E-state index in [1.807, 2.05) is 6.20 Å². The molecule has 3 rings (SSSR count). The first-order valence-electron chi connectivity index (χ1n) is 4.89. The summed E-state index contributed by atoms with van der Waals surface area (Å²) in [7, 11) is 0. The summed E-state index contributed by atoms with van der Waals surface area (Å²) >= 11 is 3.68. The van der Waals surface area contributed by atoms with Crippen molar-refractivity contribution in [2.24, 2.45) is 5.92 Å². The molecule has 14 heavy (non-hydrogen) atoms. The van der Waals surface area contributed by atoms with E-state index in [2.05, 4.69) is 39.1 Å². The van der Waals surface area contributed by atoms with E-state index in [1.54, 1.807) is 0 Å². The predicted octanol–water partition coefficient (Wildman–Crippen LogP) is 3.06. The van der Waals surface area contributed by atoms with Gasteiger partial charge in [0, 0.05) is 9.86 Å². The average molecular weight is 251 g/mol. The standard InChI is InChI=1S/C11H11BrN2/c1-6-2-7-4-10-9(5-13-14-10)11(12)8(7)3-6/h4-6H,2-3H2,1H3,(H,13,14)/t6-/m1/s1. The van der Waals surface area contributed by atoms with Gasteiger partial charge in [-0.3, -0.25) is 5.10 Å². The number of aromatic amines is 1. The Balaban J connectivity index is 2.35. The Morgan fingerprint density at radius 1 is 1.50 bits per heavy atom. The molecule has 3 heteroatoms. The van der Waals surface area contributed by atoms with Crippen molar-refractivity contribution in [3.05, 3.63) is 27.9 Å². The van der Waals surface area contributed by atoms with Gasteiger partial charge in [0.25, 0.3) is 0 Å². The van der Waals surface area contributed by atoms with Crippen molar-refractivity contribution in [3.8, 4) is 0 Å². The Morgan fingerprint density at radius 2 is 2.36 bits per heavy atom. The van der Waals surface area contributed by atoms with Gasteiger partial charge in [-0.1, -0.05) is 6.92 Å². The van der Waals surface area contributed by atoms with E-state index >= 15 is 0 Å². The van der Waals surface area contributed by atoms with Gasteiger partial charge in [0.05, 0.1) is 11.7 Å². The first-order valence-corrected chi connectivity index (χ1v) is 5.68. The molecule has 0 saturated carbocycles. The van der Waals surface area contributed by atoms with Crippen molar-refractivity contribution in [2.75, 3.05) is 0 Å². The van der Waals surface area contributed by atoms with Gasteiger partial charge in [-0.2, -0.15) is 5.10 Å². The molecular weight excluding hydrogens is 240 g/mol. The molecule has 0 spiro atoms. The third kappa shape index (κ3) is 1.05. The molecule has 0 saturated heterocycles. The van der Waals surface area contributed by atoms with E-state index in [9.17, 15) is 0 Å². The van der Waals surface area contributed by atoms with Crippen molar-refractivity contribution in [1.82, 2.24) is 10.2 Å². The van der Waals surface area contributed by atoms with Gasteiger partial charge < -0.3 is 0 Å². The van der Waals surface area contributed by atoms with E-state index in [4.69, 9.17) is 0 Å². The summed E-state index contributed by atoms with van der Waals surface area (Å²) in [4.78, 5) is 0. The van der Waals surface area contributed by atoms with Crippen molar-refractivity contribution in [2.45, 2.75) is 19.8 Å². The number of rotatable bonds is 0. The van der Waals surface area contributed by atoms with Crippen LogP contribution in [0, 0.1) is 5.92 Å². The van der Waals surface area contributed by atoms with Gasteiger partial charge in [-0.25, -0.2) is 0 Å². The van der Waals surface area contributed by atoms with Crippen LogP contribution in [0.2, 0.25) is 0 Å². The first-order chi connectivity index (χ1) is 6.75. The summed E-state index contributed by atoms with van der Waals surface area (Å²) in [6.07, 6.45) is 4.28. The van der Waals surface area contributed by atoms with Crippen LogP contribution in [0.1, 0.15) is 18.1 Å². The van der Waals surface area contributed by atoms with Gasteiger partial charge in [0.2, 0.25) is 0 Å². The summed E-state index contributed by atoms with van der Waals surface area (Å²) in [5, 5.41) is 8.30. The average Bonchev–Trinajstić information content (AvgIpc) is 2.71. The minimum absolute atomic E-state index is 0.778. The number of benzene rings is 1. The number of hydrogen-bond donors (Lipinski definition) is 1. The van der Waals surface area contributed by atoms with E-state index in [-0.39, 0.29) is 0 Å². The molecule has 0 unspecified atom stereocenters. The molecular formula is C11H11BrN2. The summed E-state index contributed by atoms with van der Waals surface area (Å²) < 4.78 is 1.24. The van der Waals surface area contributed by atoms with Crippen LogP contribution in [0.25, 0.3) is 10.9 Å². The van der Waals surface area contributed by atoms with Gasteiger partial charge in [-0.15, -0.1) is 0 Å². The summed E-state index contributed by atoms with van der Waals surface area (Å²) in [5.74, 6) is 0.778. The van der Waals surface area contributed by atoms with Crippen molar-refractivity contribution < 1.29 is 0 Å². The van der Waals surface area contributed by atoms with E-state index in [0.29, 0.717) is 0 Å². The van der Waals surface area contributed by atoms with Crippen LogP contribution in [0.5, 0.6) is 0 Å². The highest BCUT2D eigenvalue weighted by Gasteiger charge is 2.22. The van der Waals surface area contributed by atoms with Crippen molar-refractivity contribution in [3.63, 3.8) is 0 Å². The highest BCUT2D eigenvalue weighted by molar-refractivity contribution is 9.10. The molecule has 1 N–H and O–H groups in total. The van der Waals surface area contributed by atoms with Crippen LogP contribution >= 0.6 is 15.9 Å². The number of halogens is 1. The first kappa shape index (κ1) is 8.48. The summed E-state index contributed by atoms with van der Waals surface area (Å²) in [6.45, 7) is 2.30. The Kier molecular flexibility index (Phi) is 1.71. The van der Waals surface area contributed by atoms with Crippen LogP contribution in [-0.2, 0) is 12.8 Å². The molecule has 1 atom stereocenters. The van der Waals surface area contributed by atoms with Crippen LogP contribution < -0.4 is 0 Å². The quantitative estimate of drug-likeness (QED) is 0.765. The minimum atomic E-state index is 0.778. The molecule has 72 valence electrons. The summed E-state index contributed by atoms with van der Waals surface area (Å²) in [5.41, 5.74) is 4.09. The number of aromatic nitrogens is 2. The van der Waals surface area contributed by atoms with Crippen molar-refractivity contribution >= 4 is 26.8 Å². The van der Waals surface area contributed by atoms with E-state index in [1.165, 1.54) is 33.8 Å². The Morgan fingerprint density at radius 3 is 3.21 bits per heavy atom. The van der Waals surface area contributed by atoms with Gasteiger partial charge in [0.1, 0.15) is 0 Å². The second-order valence-corrected chi connectivity index (χ2v) is 4.97. The zero-order valence-electron chi connectivity index (χ0n) is 7.97. The maximum Gasteiger partial charge on any atom is 0.0664 e. The van der Waals surface area contributed by atoms with E-state index in [0.717, 1.165) is 11.4 Å². The molecule has 2 aromatic rings.